The van der Waals surface area contributed by atoms with Crippen LogP contribution in [-0.4, -0.2) is 70.9 Å². The molecule has 1 saturated heterocycles. The molecule has 0 radical (unpaired) electrons. The quantitative estimate of drug-likeness (QED) is 0.189. The minimum Gasteiger partial charge on any atom is -0.394 e. The second-order valence-electron chi connectivity index (χ2n) is 6.71. The van der Waals surface area contributed by atoms with Crippen LogP contribution in [-0.2, 0) is 4.74 Å². The predicted octanol–water partition coefficient (Wildman–Crippen LogP) is -0.626. The van der Waals surface area contributed by atoms with Gasteiger partial charge in [-0.2, -0.15) is 15.1 Å². The van der Waals surface area contributed by atoms with Gasteiger partial charge in [0, 0.05) is 17.7 Å². The number of aliphatic hydroxyl groups is 3. The first kappa shape index (κ1) is 20.5. The SMILES string of the molecule is Nc1nc(NN=Cc2cccc([N+](=O)[O-])c2)nc2c1ncn2[C@@H]1O[C@H](CO)C(O)C1O. The number of nitrogens with one attached hydrogen (secondary N) is 1. The smallest absolute Gasteiger partial charge is 0.270 e. The minimum atomic E-state index is -1.32. The highest BCUT2D eigenvalue weighted by Gasteiger charge is 2.44. The Morgan fingerprint density at radius 3 is 2.87 bits per heavy atom. The standard InChI is InChI=1S/C17H18N8O6/c18-14-11-15(24(7-19-11)16-13(28)12(27)10(6-26)31-16)22-17(21-14)23-20-5-8-2-1-3-9(4-8)25(29)30/h1-5,7,10,12-13,16,26-28H,6H2,(H3,18,21,22,23)/t10-,12?,13?,16-/m1/s1. The van der Waals surface area contributed by atoms with Gasteiger partial charge in [-0.25, -0.2) is 10.4 Å². The molecular weight excluding hydrogens is 412 g/mol. The lowest BCUT2D eigenvalue weighted by atomic mass is 10.1. The van der Waals surface area contributed by atoms with Crippen molar-refractivity contribution in [3.8, 4) is 0 Å². The third-order valence-electron chi connectivity index (χ3n) is 4.70. The Labute approximate surface area is 173 Å². The van der Waals surface area contributed by atoms with E-state index < -0.39 is 36.1 Å². The molecule has 0 bridgehead atoms. The van der Waals surface area contributed by atoms with E-state index in [2.05, 4.69) is 25.5 Å². The predicted molar refractivity (Wildman–Crippen MR) is 107 cm³/mol. The third kappa shape index (κ3) is 3.87. The molecule has 3 aromatic rings. The molecule has 6 N–H and O–H groups in total. The molecule has 3 heterocycles. The average molecular weight is 430 g/mol. The summed E-state index contributed by atoms with van der Waals surface area (Å²) in [6.45, 7) is -0.475. The van der Waals surface area contributed by atoms with E-state index in [9.17, 15) is 25.4 Å². The molecule has 2 aromatic heterocycles. The number of rotatable bonds is 6. The molecule has 14 heteroatoms. The molecule has 1 aliphatic rings. The van der Waals surface area contributed by atoms with Crippen molar-refractivity contribution in [2.24, 2.45) is 5.10 Å². The monoisotopic (exact) mass is 430 g/mol. The van der Waals surface area contributed by atoms with Gasteiger partial charge >= 0.3 is 0 Å². The highest BCUT2D eigenvalue weighted by molar-refractivity contribution is 5.83. The average Bonchev–Trinajstić information content (AvgIpc) is 3.30. The Morgan fingerprint density at radius 1 is 1.35 bits per heavy atom. The van der Waals surface area contributed by atoms with Gasteiger partial charge in [-0.05, 0) is 0 Å². The van der Waals surface area contributed by atoms with Gasteiger partial charge in [0.2, 0.25) is 5.95 Å². The molecule has 14 nitrogen and oxygen atoms in total. The molecule has 31 heavy (non-hydrogen) atoms. The molecular formula is C17H18N8O6. The number of anilines is 2. The van der Waals surface area contributed by atoms with Crippen LogP contribution in [0.3, 0.4) is 0 Å². The summed E-state index contributed by atoms with van der Waals surface area (Å²) in [5, 5.41) is 44.3. The number of non-ortho nitro benzene ring substituents is 1. The van der Waals surface area contributed by atoms with Gasteiger partial charge in [-0.1, -0.05) is 12.1 Å². The van der Waals surface area contributed by atoms with E-state index in [-0.39, 0.29) is 28.6 Å². The number of ether oxygens (including phenoxy) is 1. The number of aromatic nitrogens is 4. The fourth-order valence-corrected chi connectivity index (χ4v) is 3.17. The van der Waals surface area contributed by atoms with E-state index >= 15 is 0 Å². The highest BCUT2D eigenvalue weighted by Crippen LogP contribution is 2.32. The van der Waals surface area contributed by atoms with Crippen LogP contribution in [0.4, 0.5) is 17.5 Å². The molecule has 0 aliphatic carbocycles. The first-order chi connectivity index (χ1) is 14.9. The number of nitrogens with two attached hydrogens (primary N) is 1. The summed E-state index contributed by atoms with van der Waals surface area (Å²) in [4.78, 5) is 22.8. The van der Waals surface area contributed by atoms with Crippen molar-refractivity contribution in [1.29, 1.82) is 0 Å². The molecule has 0 saturated carbocycles. The molecule has 162 valence electrons. The van der Waals surface area contributed by atoms with E-state index in [0.29, 0.717) is 5.56 Å². The van der Waals surface area contributed by atoms with Crippen LogP contribution < -0.4 is 11.2 Å². The largest absolute Gasteiger partial charge is 0.394 e. The van der Waals surface area contributed by atoms with Crippen molar-refractivity contribution in [3.05, 3.63) is 46.3 Å². The summed E-state index contributed by atoms with van der Waals surface area (Å²) < 4.78 is 6.87. The first-order valence-corrected chi connectivity index (χ1v) is 9.05. The van der Waals surface area contributed by atoms with Crippen LogP contribution in [0.1, 0.15) is 11.8 Å². The van der Waals surface area contributed by atoms with Crippen molar-refractivity contribution in [3.63, 3.8) is 0 Å². The van der Waals surface area contributed by atoms with Crippen molar-refractivity contribution >= 4 is 34.8 Å². The van der Waals surface area contributed by atoms with Gasteiger partial charge in [0.1, 0.15) is 23.8 Å². The van der Waals surface area contributed by atoms with Crippen LogP contribution in [0.25, 0.3) is 11.2 Å². The van der Waals surface area contributed by atoms with Crippen LogP contribution in [0, 0.1) is 10.1 Å². The number of nitro groups is 1. The summed E-state index contributed by atoms with van der Waals surface area (Å²) in [6, 6.07) is 5.87. The van der Waals surface area contributed by atoms with E-state index in [1.165, 1.54) is 35.3 Å². The van der Waals surface area contributed by atoms with Crippen molar-refractivity contribution in [1.82, 2.24) is 19.5 Å². The van der Waals surface area contributed by atoms with Crippen molar-refractivity contribution < 1.29 is 25.0 Å². The van der Waals surface area contributed by atoms with E-state index in [1.807, 2.05) is 0 Å². The van der Waals surface area contributed by atoms with E-state index in [4.69, 9.17) is 10.5 Å². The van der Waals surface area contributed by atoms with Gasteiger partial charge in [0.05, 0.1) is 24.1 Å². The molecule has 0 spiro atoms. The lowest BCUT2D eigenvalue weighted by Crippen LogP contribution is -2.33. The second kappa shape index (κ2) is 8.19. The number of aliphatic hydroxyl groups excluding tert-OH is 3. The molecule has 4 atom stereocenters. The molecule has 2 unspecified atom stereocenters. The van der Waals surface area contributed by atoms with Gasteiger partial charge in [-0.3, -0.25) is 14.7 Å². The first-order valence-electron chi connectivity index (χ1n) is 9.05. The van der Waals surface area contributed by atoms with Crippen LogP contribution in [0.5, 0.6) is 0 Å². The topological polar surface area (TPSA) is 207 Å². The Morgan fingerprint density at radius 2 is 2.16 bits per heavy atom. The van der Waals surface area contributed by atoms with Crippen LogP contribution in [0.15, 0.2) is 35.7 Å². The number of hydrazone groups is 1. The highest BCUT2D eigenvalue weighted by atomic mass is 16.6. The number of hydrogen-bond donors (Lipinski definition) is 5. The number of nitro benzene ring substituents is 1. The van der Waals surface area contributed by atoms with Crippen molar-refractivity contribution in [2.45, 2.75) is 24.5 Å². The Balaban J connectivity index is 1.59. The number of fused-ring (bicyclic) bond motifs is 1. The zero-order valence-electron chi connectivity index (χ0n) is 15.8. The zero-order chi connectivity index (χ0) is 22.1. The third-order valence-corrected chi connectivity index (χ3v) is 4.70. The van der Waals surface area contributed by atoms with Gasteiger partial charge in [0.25, 0.3) is 5.69 Å². The summed E-state index contributed by atoms with van der Waals surface area (Å²) >= 11 is 0. The van der Waals surface area contributed by atoms with Crippen LogP contribution in [0.2, 0.25) is 0 Å². The summed E-state index contributed by atoms with van der Waals surface area (Å²) in [5.74, 6) is 0.0312. The second-order valence-corrected chi connectivity index (χ2v) is 6.71. The van der Waals surface area contributed by atoms with Crippen LogP contribution >= 0.6 is 0 Å². The Bertz CT molecular complexity index is 1150. The molecule has 1 aliphatic heterocycles. The van der Waals surface area contributed by atoms with Gasteiger partial charge in [-0.15, -0.1) is 0 Å². The van der Waals surface area contributed by atoms with E-state index in [1.54, 1.807) is 6.07 Å². The summed E-state index contributed by atoms with van der Waals surface area (Å²) in [6.07, 6.45) is -1.95. The van der Waals surface area contributed by atoms with E-state index in [0.717, 1.165) is 0 Å². The number of imidazole rings is 1. The molecule has 1 aromatic carbocycles. The maximum absolute atomic E-state index is 10.9. The fourth-order valence-electron chi connectivity index (χ4n) is 3.17. The summed E-state index contributed by atoms with van der Waals surface area (Å²) in [5.41, 5.74) is 9.37. The normalized spacial score (nSPS) is 23.6. The maximum atomic E-state index is 10.9. The number of nitrogen functional groups attached to an aromatic ring is 1. The number of benzene rings is 1. The Kier molecular flexibility index (Phi) is 5.43. The lowest BCUT2D eigenvalue weighted by molar-refractivity contribution is -0.384. The maximum Gasteiger partial charge on any atom is 0.270 e. The zero-order valence-corrected chi connectivity index (χ0v) is 15.8. The minimum absolute atomic E-state index is 0.000161. The Hall–Kier alpha value is -3.72. The molecule has 0 amide bonds. The number of nitrogens with zero attached hydrogens (tertiary/aromatic N) is 6. The van der Waals surface area contributed by atoms with Crippen molar-refractivity contribution in [2.75, 3.05) is 17.8 Å². The van der Waals surface area contributed by atoms with Gasteiger partial charge < -0.3 is 25.8 Å². The summed E-state index contributed by atoms with van der Waals surface area (Å²) in [7, 11) is 0. The molecule has 1 fully saturated rings. The lowest BCUT2D eigenvalue weighted by Gasteiger charge is -2.16. The molecule has 4 rings (SSSR count). The number of hydrogen-bond acceptors (Lipinski definition) is 12. The fraction of sp³-hybridized carbons (Fsp3) is 0.294. The van der Waals surface area contributed by atoms with Gasteiger partial charge in [0.15, 0.2) is 17.7 Å².